The van der Waals surface area contributed by atoms with Gasteiger partial charge in [0.1, 0.15) is 43.4 Å². The van der Waals surface area contributed by atoms with E-state index in [0.717, 1.165) is 0 Å². The Morgan fingerprint density at radius 1 is 1.13 bits per heavy atom. The smallest absolute Gasteiger partial charge is 0.387 e. The third kappa shape index (κ3) is 7.74. The van der Waals surface area contributed by atoms with E-state index in [4.69, 9.17) is 10.5 Å². The Morgan fingerprint density at radius 2 is 1.74 bits per heavy atom. The minimum Gasteiger partial charge on any atom is -0.387 e. The molecule has 0 spiro atoms. The van der Waals surface area contributed by atoms with Crippen molar-refractivity contribution in [3.05, 3.63) is 28.0 Å². The molecule has 0 saturated carbocycles. The lowest BCUT2D eigenvalue weighted by Crippen LogP contribution is -2.37. The number of nitrogens with two attached hydrogens (primary N) is 1. The Balaban J connectivity index is 1.96. The van der Waals surface area contributed by atoms with E-state index in [1.807, 2.05) is 0 Å². The normalized spacial score (nSPS) is 28.2. The number of rotatable bonds is 10. The molecule has 1 aromatic rings. The van der Waals surface area contributed by atoms with Crippen LogP contribution >= 0.6 is 15.6 Å². The van der Waals surface area contributed by atoms with Crippen molar-refractivity contribution in [1.82, 2.24) is 4.98 Å². The van der Waals surface area contributed by atoms with Gasteiger partial charge >= 0.3 is 15.6 Å². The van der Waals surface area contributed by atoms with Crippen molar-refractivity contribution in [3.8, 4) is 0 Å². The number of phosphoric ester groups is 2. The van der Waals surface area contributed by atoms with E-state index in [0.29, 0.717) is 11.0 Å². The topological polar surface area (TPSA) is 211 Å². The van der Waals surface area contributed by atoms with Crippen molar-refractivity contribution in [1.29, 1.82) is 0 Å². The van der Waals surface area contributed by atoms with Crippen molar-refractivity contribution in [3.63, 3.8) is 0 Å². The molecule has 0 amide bonds. The van der Waals surface area contributed by atoms with E-state index in [2.05, 4.69) is 18.3 Å². The zero-order chi connectivity index (χ0) is 23.6. The Labute approximate surface area is 177 Å². The van der Waals surface area contributed by atoms with Gasteiger partial charge in [-0.05, 0) is 12.1 Å². The van der Waals surface area contributed by atoms with Crippen molar-refractivity contribution < 1.29 is 51.7 Å². The summed E-state index contributed by atoms with van der Waals surface area (Å²) < 4.78 is 43.1. The molecule has 2 unspecified atom stereocenters. The molecule has 2 rings (SSSR count). The van der Waals surface area contributed by atoms with Gasteiger partial charge in [-0.1, -0.05) is 0 Å². The summed E-state index contributed by atoms with van der Waals surface area (Å²) in [6.45, 7) is -0.712. The molecule has 1 aromatic heterocycles. The van der Waals surface area contributed by atoms with Crippen LogP contribution in [0.4, 0.5) is 5.82 Å². The van der Waals surface area contributed by atoms with E-state index in [9.17, 15) is 33.9 Å². The second kappa shape index (κ2) is 9.77. The summed E-state index contributed by atoms with van der Waals surface area (Å²) >= 11 is 0. The molecule has 1 fully saturated rings. The van der Waals surface area contributed by atoms with Crippen molar-refractivity contribution in [2.75, 3.05) is 46.6 Å². The number of H-pyrrole nitrogens is 1. The molecule has 31 heavy (non-hydrogen) atoms. The number of aromatic nitrogens is 1. The van der Waals surface area contributed by atoms with E-state index >= 15 is 0 Å². The lowest BCUT2D eigenvalue weighted by Gasteiger charge is -2.24. The highest BCUT2D eigenvalue weighted by Gasteiger charge is 2.46. The average molecular weight is 488 g/mol. The fourth-order valence-electron chi connectivity index (χ4n) is 2.64. The van der Waals surface area contributed by atoms with Crippen LogP contribution in [-0.2, 0) is 27.2 Å². The number of quaternary nitrogens is 1. The SMILES string of the molecule is C[N+](C)(C)CCOP(=O)(O)OP(=O)(O)OC[C@H]1O[C@@H](c2ccc(N)[nH]c2=O)[C@H](O)[C@@H]1O. The number of nitrogens with one attached hydrogen (secondary N) is 1. The Bertz CT molecular complexity index is 918. The fraction of sp³-hybridized carbons (Fsp3) is 0.667. The van der Waals surface area contributed by atoms with Crippen molar-refractivity contribution >= 4 is 21.5 Å². The maximum atomic E-state index is 12.0. The molecule has 6 atom stereocenters. The minimum absolute atomic E-state index is 0.0304. The third-order valence-electron chi connectivity index (χ3n) is 4.26. The quantitative estimate of drug-likeness (QED) is 0.174. The molecule has 1 saturated heterocycles. The van der Waals surface area contributed by atoms with Gasteiger partial charge in [-0.3, -0.25) is 13.8 Å². The number of aliphatic hydroxyl groups is 2. The van der Waals surface area contributed by atoms with E-state index in [1.165, 1.54) is 12.1 Å². The van der Waals surface area contributed by atoms with Gasteiger partial charge in [-0.15, -0.1) is 0 Å². The summed E-state index contributed by atoms with van der Waals surface area (Å²) in [4.78, 5) is 33.6. The number of aliphatic hydroxyl groups excluding tert-OH is 2. The Hall–Kier alpha value is -1.15. The number of anilines is 1. The van der Waals surface area contributed by atoms with Crippen LogP contribution in [0.2, 0.25) is 0 Å². The molecule has 16 heteroatoms. The first-order valence-corrected chi connectivity index (χ1v) is 12.1. The van der Waals surface area contributed by atoms with Gasteiger partial charge in [0.15, 0.2) is 0 Å². The van der Waals surface area contributed by atoms with Crippen LogP contribution in [0.25, 0.3) is 0 Å². The Morgan fingerprint density at radius 3 is 2.32 bits per heavy atom. The van der Waals surface area contributed by atoms with Crippen molar-refractivity contribution in [2.45, 2.75) is 24.4 Å². The zero-order valence-corrected chi connectivity index (χ0v) is 18.9. The number of phosphoric acid groups is 2. The maximum absolute atomic E-state index is 12.0. The minimum atomic E-state index is -5.10. The standard InChI is InChI=1S/C15H27N3O11P2/c1-18(2,3)6-7-26-30(22,23)29-31(24,25)27-8-10-12(19)13(20)14(28-10)9-4-5-11(16)17-15(9)21/h4-5,10,12-14,19-20H,6-8H2,1-3H3,(H4-,16,17,21,22,23,24,25)/p+1/t10-,12-,13-,14+/m1/s1. The summed E-state index contributed by atoms with van der Waals surface area (Å²) in [5.41, 5.74) is 4.78. The molecule has 0 aromatic carbocycles. The predicted octanol–water partition coefficient (Wildman–Crippen LogP) is -0.924. The number of pyridine rings is 1. The number of hydrogen-bond acceptors (Lipinski definition) is 10. The van der Waals surface area contributed by atoms with Crippen LogP contribution in [0, 0.1) is 0 Å². The van der Waals surface area contributed by atoms with Crippen molar-refractivity contribution in [2.24, 2.45) is 0 Å². The summed E-state index contributed by atoms with van der Waals surface area (Å²) in [5, 5.41) is 20.3. The van der Waals surface area contributed by atoms with Crippen LogP contribution in [0.5, 0.6) is 0 Å². The maximum Gasteiger partial charge on any atom is 0.481 e. The van der Waals surface area contributed by atoms with E-state index < -0.39 is 52.2 Å². The molecule has 1 aliphatic heterocycles. The Kier molecular flexibility index (Phi) is 8.23. The number of hydrogen-bond donors (Lipinski definition) is 6. The molecule has 0 radical (unpaired) electrons. The van der Waals surface area contributed by atoms with Crippen LogP contribution in [-0.4, -0.2) is 88.7 Å². The van der Waals surface area contributed by atoms with Gasteiger partial charge in [-0.2, -0.15) is 4.31 Å². The summed E-state index contributed by atoms with van der Waals surface area (Å²) in [5.74, 6) is 0.0807. The molecule has 178 valence electrons. The third-order valence-corrected chi connectivity index (χ3v) is 6.89. The molecular weight excluding hydrogens is 460 g/mol. The molecule has 0 aliphatic carbocycles. The first-order chi connectivity index (χ1) is 14.1. The second-order valence-corrected chi connectivity index (χ2v) is 11.0. The predicted molar refractivity (Wildman–Crippen MR) is 107 cm³/mol. The summed E-state index contributed by atoms with van der Waals surface area (Å²) in [6.07, 6.45) is -5.77. The summed E-state index contributed by atoms with van der Waals surface area (Å²) in [6, 6.07) is 2.66. The van der Waals surface area contributed by atoms with Gasteiger partial charge in [0.25, 0.3) is 5.56 Å². The highest BCUT2D eigenvalue weighted by Crippen LogP contribution is 2.60. The molecular formula is C15H28N3O11P2+. The van der Waals surface area contributed by atoms with Crippen LogP contribution in [0.1, 0.15) is 11.7 Å². The first kappa shape index (κ1) is 26.1. The lowest BCUT2D eigenvalue weighted by molar-refractivity contribution is -0.870. The lowest BCUT2D eigenvalue weighted by atomic mass is 10.0. The van der Waals surface area contributed by atoms with Gasteiger partial charge < -0.3 is 39.9 Å². The van der Waals surface area contributed by atoms with E-state index in [1.54, 1.807) is 21.1 Å². The zero-order valence-electron chi connectivity index (χ0n) is 17.2. The first-order valence-electron chi connectivity index (χ1n) is 9.07. The van der Waals surface area contributed by atoms with Crippen LogP contribution in [0.3, 0.4) is 0 Å². The number of nitrogens with zero attached hydrogens (tertiary/aromatic N) is 1. The van der Waals surface area contributed by atoms with Crippen LogP contribution < -0.4 is 11.3 Å². The highest BCUT2D eigenvalue weighted by molar-refractivity contribution is 7.61. The second-order valence-electron chi connectivity index (χ2n) is 7.94. The number of ether oxygens (including phenoxy) is 1. The van der Waals surface area contributed by atoms with Gasteiger partial charge in [-0.25, -0.2) is 9.13 Å². The van der Waals surface area contributed by atoms with Gasteiger partial charge in [0.2, 0.25) is 0 Å². The monoisotopic (exact) mass is 488 g/mol. The largest absolute Gasteiger partial charge is 0.481 e. The summed E-state index contributed by atoms with van der Waals surface area (Å²) in [7, 11) is -4.61. The number of likely N-dealkylation sites (N-methyl/N-ethyl adjacent to an activating group) is 1. The average Bonchev–Trinajstić information content (AvgIpc) is 2.86. The molecule has 1 aliphatic rings. The van der Waals surface area contributed by atoms with Gasteiger partial charge in [0, 0.05) is 5.56 Å². The van der Waals surface area contributed by atoms with E-state index in [-0.39, 0.29) is 18.0 Å². The number of nitrogen functional groups attached to an aromatic ring is 1. The molecule has 7 N–H and O–H groups in total. The fourth-order valence-corrected chi connectivity index (χ4v) is 4.71. The molecule has 14 nitrogen and oxygen atoms in total. The highest BCUT2D eigenvalue weighted by atomic mass is 31.3. The molecule has 2 heterocycles. The molecule has 0 bridgehead atoms. The number of aromatic amines is 1. The van der Waals surface area contributed by atoms with Crippen LogP contribution in [0.15, 0.2) is 16.9 Å². The van der Waals surface area contributed by atoms with Gasteiger partial charge in [0.05, 0.1) is 27.7 Å².